The van der Waals surface area contributed by atoms with Crippen molar-refractivity contribution < 1.29 is 0 Å². The first-order valence-electron chi connectivity index (χ1n) is 4.99. The monoisotopic (exact) mass is 237 g/mol. The van der Waals surface area contributed by atoms with Crippen LogP contribution in [0.15, 0.2) is 17.9 Å². The molecule has 5 heteroatoms. The molecule has 1 aliphatic rings. The lowest BCUT2D eigenvalue weighted by Gasteiger charge is -1.96. The van der Waals surface area contributed by atoms with Crippen molar-refractivity contribution in [1.29, 1.82) is 0 Å². The summed E-state index contributed by atoms with van der Waals surface area (Å²) in [6.45, 7) is 0.959. The minimum Gasteiger partial charge on any atom is -0.309 e. The summed E-state index contributed by atoms with van der Waals surface area (Å²) in [7, 11) is 0. The fourth-order valence-corrected chi connectivity index (χ4v) is 2.90. The summed E-state index contributed by atoms with van der Waals surface area (Å²) in [6, 6.07) is 0.763. The molecule has 0 aromatic carbocycles. The van der Waals surface area contributed by atoms with Gasteiger partial charge >= 0.3 is 0 Å². The first-order chi connectivity index (χ1) is 7.42. The van der Waals surface area contributed by atoms with Crippen molar-refractivity contribution in [1.82, 2.24) is 15.3 Å². The van der Waals surface area contributed by atoms with Gasteiger partial charge in [0.05, 0.1) is 10.4 Å². The van der Waals surface area contributed by atoms with Gasteiger partial charge in [0.25, 0.3) is 0 Å². The maximum Gasteiger partial charge on any atom is 0.135 e. The van der Waals surface area contributed by atoms with Gasteiger partial charge < -0.3 is 5.32 Å². The Hall–Kier alpha value is -0.780. The van der Waals surface area contributed by atoms with E-state index < -0.39 is 0 Å². The molecule has 15 heavy (non-hydrogen) atoms. The number of hydrogen-bond donors (Lipinski definition) is 1. The van der Waals surface area contributed by atoms with Crippen LogP contribution in [0.2, 0.25) is 0 Å². The predicted molar refractivity (Wildman–Crippen MR) is 63.1 cm³/mol. The maximum atomic E-state index is 4.41. The average molecular weight is 237 g/mol. The zero-order valence-corrected chi connectivity index (χ0v) is 9.77. The quantitative estimate of drug-likeness (QED) is 0.888. The number of rotatable bonds is 4. The molecule has 2 aromatic rings. The summed E-state index contributed by atoms with van der Waals surface area (Å²) in [4.78, 5) is 10.9. The molecule has 1 saturated carbocycles. The van der Waals surface area contributed by atoms with Crippen LogP contribution < -0.4 is 5.32 Å². The first kappa shape index (κ1) is 9.45. The molecule has 0 saturated heterocycles. The van der Waals surface area contributed by atoms with Gasteiger partial charge in [-0.3, -0.25) is 4.98 Å². The van der Waals surface area contributed by atoms with E-state index in [2.05, 4.69) is 15.3 Å². The van der Waals surface area contributed by atoms with E-state index in [1.807, 2.05) is 17.9 Å². The predicted octanol–water partition coefficient (Wildman–Crippen LogP) is 2.52. The Morgan fingerprint density at radius 2 is 2.33 bits per heavy atom. The van der Waals surface area contributed by atoms with Crippen LogP contribution in [0.5, 0.6) is 0 Å². The Labute approximate surface area is 96.2 Å². The van der Waals surface area contributed by atoms with E-state index in [4.69, 9.17) is 0 Å². The smallest absolute Gasteiger partial charge is 0.135 e. The third kappa shape index (κ3) is 2.25. The van der Waals surface area contributed by atoms with Crippen LogP contribution in [0.4, 0.5) is 0 Å². The summed E-state index contributed by atoms with van der Waals surface area (Å²) in [6.07, 6.45) is 6.51. The standard InChI is InChI=1S/C10H11N3S2/c1-2-7(1)12-3-8-4-13-10(15-8)9-5-11-6-14-9/h4-7,12H,1-3H2. The van der Waals surface area contributed by atoms with Crippen LogP contribution in [-0.2, 0) is 6.54 Å². The van der Waals surface area contributed by atoms with Crippen molar-refractivity contribution in [2.24, 2.45) is 0 Å². The molecule has 0 atom stereocenters. The minimum absolute atomic E-state index is 0.763. The second kappa shape index (κ2) is 4.00. The molecule has 0 bridgehead atoms. The van der Waals surface area contributed by atoms with E-state index in [0.29, 0.717) is 0 Å². The molecule has 1 N–H and O–H groups in total. The van der Waals surface area contributed by atoms with Gasteiger partial charge in [-0.1, -0.05) is 0 Å². The average Bonchev–Trinajstić information content (AvgIpc) is 2.78. The van der Waals surface area contributed by atoms with E-state index in [0.717, 1.165) is 22.5 Å². The third-order valence-corrected chi connectivity index (χ3v) is 4.28. The van der Waals surface area contributed by atoms with Crippen LogP contribution in [0.25, 0.3) is 9.88 Å². The molecule has 3 rings (SSSR count). The molecular weight excluding hydrogens is 226 g/mol. The largest absolute Gasteiger partial charge is 0.309 e. The van der Waals surface area contributed by atoms with Crippen LogP contribution in [-0.4, -0.2) is 16.0 Å². The Bertz CT molecular complexity index is 431. The number of nitrogens with zero attached hydrogens (tertiary/aromatic N) is 2. The summed E-state index contributed by atoms with van der Waals surface area (Å²) in [5, 5.41) is 4.58. The van der Waals surface area contributed by atoms with Crippen LogP contribution >= 0.6 is 22.7 Å². The topological polar surface area (TPSA) is 37.8 Å². The molecule has 0 amide bonds. The van der Waals surface area contributed by atoms with Crippen molar-refractivity contribution in [2.45, 2.75) is 25.4 Å². The van der Waals surface area contributed by atoms with Gasteiger partial charge in [-0.25, -0.2) is 4.98 Å². The second-order valence-corrected chi connectivity index (χ2v) is 5.65. The molecule has 78 valence electrons. The maximum absolute atomic E-state index is 4.41. The summed E-state index contributed by atoms with van der Waals surface area (Å²) in [5.41, 5.74) is 1.85. The zero-order chi connectivity index (χ0) is 10.1. The van der Waals surface area contributed by atoms with Gasteiger partial charge in [0.15, 0.2) is 0 Å². The highest BCUT2D eigenvalue weighted by Gasteiger charge is 2.20. The molecule has 0 aliphatic heterocycles. The van der Waals surface area contributed by atoms with Gasteiger partial charge in [0, 0.05) is 29.9 Å². The Morgan fingerprint density at radius 3 is 3.07 bits per heavy atom. The van der Waals surface area contributed by atoms with E-state index in [1.165, 1.54) is 17.7 Å². The summed E-state index contributed by atoms with van der Waals surface area (Å²) < 4.78 is 0. The Kier molecular flexibility index (Phi) is 2.52. The molecule has 2 aromatic heterocycles. The van der Waals surface area contributed by atoms with Crippen molar-refractivity contribution in [3.05, 3.63) is 22.8 Å². The molecule has 1 fully saturated rings. The second-order valence-electron chi connectivity index (χ2n) is 3.65. The van der Waals surface area contributed by atoms with Gasteiger partial charge in [-0.15, -0.1) is 22.7 Å². The molecule has 3 nitrogen and oxygen atoms in total. The van der Waals surface area contributed by atoms with Crippen molar-refractivity contribution in [3.8, 4) is 9.88 Å². The summed E-state index contributed by atoms with van der Waals surface area (Å²) in [5.74, 6) is 0. The van der Waals surface area contributed by atoms with Crippen LogP contribution in [0, 0.1) is 0 Å². The van der Waals surface area contributed by atoms with Crippen molar-refractivity contribution >= 4 is 22.7 Å². The van der Waals surface area contributed by atoms with E-state index in [1.54, 1.807) is 22.7 Å². The zero-order valence-electron chi connectivity index (χ0n) is 8.14. The van der Waals surface area contributed by atoms with Crippen molar-refractivity contribution in [3.63, 3.8) is 0 Å². The first-order valence-corrected chi connectivity index (χ1v) is 6.68. The third-order valence-electron chi connectivity index (χ3n) is 2.34. The number of nitrogens with one attached hydrogen (secondary N) is 1. The van der Waals surface area contributed by atoms with Crippen LogP contribution in [0.1, 0.15) is 17.7 Å². The normalized spacial score (nSPS) is 15.7. The Morgan fingerprint density at radius 1 is 1.40 bits per heavy atom. The van der Waals surface area contributed by atoms with Gasteiger partial charge in [-0.05, 0) is 12.8 Å². The highest BCUT2D eigenvalue weighted by molar-refractivity contribution is 7.20. The number of thiazole rings is 2. The molecule has 0 spiro atoms. The molecule has 0 radical (unpaired) electrons. The van der Waals surface area contributed by atoms with Gasteiger partial charge in [0.1, 0.15) is 5.01 Å². The van der Waals surface area contributed by atoms with E-state index in [9.17, 15) is 0 Å². The fraction of sp³-hybridized carbons (Fsp3) is 0.400. The van der Waals surface area contributed by atoms with Gasteiger partial charge in [0.2, 0.25) is 0 Å². The lowest BCUT2D eigenvalue weighted by Crippen LogP contribution is -2.14. The molecule has 2 heterocycles. The fourth-order valence-electron chi connectivity index (χ4n) is 1.36. The highest BCUT2D eigenvalue weighted by Crippen LogP contribution is 2.28. The molecule has 1 aliphatic carbocycles. The van der Waals surface area contributed by atoms with E-state index in [-0.39, 0.29) is 0 Å². The van der Waals surface area contributed by atoms with Gasteiger partial charge in [-0.2, -0.15) is 0 Å². The minimum atomic E-state index is 0.763. The van der Waals surface area contributed by atoms with Crippen molar-refractivity contribution in [2.75, 3.05) is 0 Å². The number of hydrogen-bond acceptors (Lipinski definition) is 5. The highest BCUT2D eigenvalue weighted by atomic mass is 32.1. The molecular formula is C10H11N3S2. The van der Waals surface area contributed by atoms with E-state index >= 15 is 0 Å². The molecule has 0 unspecified atom stereocenters. The SMILES string of the molecule is c1ncc(-c2ncc(CNC3CC3)s2)s1. The summed E-state index contributed by atoms with van der Waals surface area (Å²) >= 11 is 3.40. The lowest BCUT2D eigenvalue weighted by atomic mass is 10.5. The number of aromatic nitrogens is 2. The Balaban J connectivity index is 1.69. The lowest BCUT2D eigenvalue weighted by molar-refractivity contribution is 0.694. The van der Waals surface area contributed by atoms with Crippen LogP contribution in [0.3, 0.4) is 0 Å².